The SMILES string of the molecule is Cc1nn(-c2ccccc2)c(Oc2c(Cl)cccc2Cl)c1C=O. The Balaban J connectivity index is 2.16. The van der Waals surface area contributed by atoms with Crippen LogP contribution in [-0.2, 0) is 0 Å². The number of hydrogen-bond acceptors (Lipinski definition) is 3. The van der Waals surface area contributed by atoms with Gasteiger partial charge in [-0.05, 0) is 31.2 Å². The lowest BCUT2D eigenvalue weighted by Gasteiger charge is -2.12. The van der Waals surface area contributed by atoms with Crippen molar-refractivity contribution in [2.75, 3.05) is 0 Å². The van der Waals surface area contributed by atoms with Gasteiger partial charge in [-0.2, -0.15) is 9.78 Å². The minimum absolute atomic E-state index is 0.277. The van der Waals surface area contributed by atoms with Gasteiger partial charge < -0.3 is 4.74 Å². The molecule has 1 aromatic heterocycles. The van der Waals surface area contributed by atoms with Crippen LogP contribution >= 0.6 is 23.2 Å². The smallest absolute Gasteiger partial charge is 0.233 e. The van der Waals surface area contributed by atoms with E-state index in [1.807, 2.05) is 30.3 Å². The average Bonchev–Trinajstić information content (AvgIpc) is 2.87. The molecule has 0 atom stereocenters. The molecule has 3 rings (SSSR count). The summed E-state index contributed by atoms with van der Waals surface area (Å²) < 4.78 is 7.43. The number of halogens is 2. The van der Waals surface area contributed by atoms with E-state index in [2.05, 4.69) is 5.10 Å². The summed E-state index contributed by atoms with van der Waals surface area (Å²) >= 11 is 12.3. The summed E-state index contributed by atoms with van der Waals surface area (Å²) in [5, 5.41) is 5.09. The molecular weight excluding hydrogens is 335 g/mol. The lowest BCUT2D eigenvalue weighted by atomic mass is 10.2. The van der Waals surface area contributed by atoms with E-state index in [1.165, 1.54) is 0 Å². The Morgan fingerprint density at radius 2 is 1.70 bits per heavy atom. The van der Waals surface area contributed by atoms with Crippen molar-refractivity contribution in [3.63, 3.8) is 0 Å². The van der Waals surface area contributed by atoms with E-state index in [-0.39, 0.29) is 11.6 Å². The zero-order valence-corrected chi connectivity index (χ0v) is 13.7. The molecule has 116 valence electrons. The molecular formula is C17H12Cl2N2O2. The number of carbonyl (C=O) groups is 1. The second kappa shape index (κ2) is 6.44. The Morgan fingerprint density at radius 1 is 1.04 bits per heavy atom. The second-order valence-corrected chi connectivity index (χ2v) is 5.64. The van der Waals surface area contributed by atoms with Crippen molar-refractivity contribution in [3.8, 4) is 17.3 Å². The predicted molar refractivity (Wildman–Crippen MR) is 90.2 cm³/mol. The Labute approximate surface area is 143 Å². The number of aromatic nitrogens is 2. The van der Waals surface area contributed by atoms with Gasteiger partial charge in [0.1, 0.15) is 0 Å². The second-order valence-electron chi connectivity index (χ2n) is 4.82. The lowest BCUT2D eigenvalue weighted by Crippen LogP contribution is -2.01. The summed E-state index contributed by atoms with van der Waals surface area (Å²) in [4.78, 5) is 11.5. The summed E-state index contributed by atoms with van der Waals surface area (Å²) in [6.45, 7) is 1.74. The van der Waals surface area contributed by atoms with Crippen LogP contribution in [0.3, 0.4) is 0 Å². The number of nitrogens with zero attached hydrogens (tertiary/aromatic N) is 2. The first kappa shape index (κ1) is 15.6. The zero-order chi connectivity index (χ0) is 16.4. The van der Waals surface area contributed by atoms with Gasteiger partial charge in [0.2, 0.25) is 5.88 Å². The van der Waals surface area contributed by atoms with Gasteiger partial charge in [0.25, 0.3) is 0 Å². The van der Waals surface area contributed by atoms with Gasteiger partial charge in [-0.3, -0.25) is 4.79 Å². The number of aldehydes is 1. The molecule has 0 saturated carbocycles. The average molecular weight is 347 g/mol. The number of rotatable bonds is 4. The third-order valence-corrected chi connectivity index (χ3v) is 3.89. The van der Waals surface area contributed by atoms with Crippen LogP contribution in [0.1, 0.15) is 16.1 Å². The van der Waals surface area contributed by atoms with Crippen molar-refractivity contribution >= 4 is 29.5 Å². The Kier molecular flexibility index (Phi) is 4.37. The largest absolute Gasteiger partial charge is 0.435 e. The molecule has 0 radical (unpaired) electrons. The minimum atomic E-state index is 0.277. The molecule has 6 heteroatoms. The fourth-order valence-electron chi connectivity index (χ4n) is 2.17. The summed E-state index contributed by atoms with van der Waals surface area (Å²) in [6.07, 6.45) is 0.710. The van der Waals surface area contributed by atoms with Gasteiger partial charge >= 0.3 is 0 Å². The van der Waals surface area contributed by atoms with Gasteiger partial charge in [-0.15, -0.1) is 0 Å². The molecule has 0 N–H and O–H groups in total. The molecule has 0 fully saturated rings. The summed E-state index contributed by atoms with van der Waals surface area (Å²) in [7, 11) is 0. The van der Waals surface area contributed by atoms with Gasteiger partial charge in [-0.1, -0.05) is 47.5 Å². The van der Waals surface area contributed by atoms with Crippen LogP contribution in [0.15, 0.2) is 48.5 Å². The maximum Gasteiger partial charge on any atom is 0.233 e. The highest BCUT2D eigenvalue weighted by molar-refractivity contribution is 6.37. The number of benzene rings is 2. The Hall–Kier alpha value is -2.30. The van der Waals surface area contributed by atoms with E-state index in [9.17, 15) is 4.79 Å². The number of aryl methyl sites for hydroxylation is 1. The minimum Gasteiger partial charge on any atom is -0.435 e. The Bertz CT molecular complexity index is 840. The lowest BCUT2D eigenvalue weighted by molar-refractivity contribution is 0.112. The highest BCUT2D eigenvalue weighted by Crippen LogP contribution is 2.38. The first-order chi connectivity index (χ1) is 11.1. The van der Waals surface area contributed by atoms with E-state index in [0.717, 1.165) is 5.69 Å². The van der Waals surface area contributed by atoms with E-state index in [1.54, 1.807) is 29.8 Å². The molecule has 0 spiro atoms. The van der Waals surface area contributed by atoms with Crippen LogP contribution in [0, 0.1) is 6.92 Å². The molecule has 0 unspecified atom stereocenters. The van der Waals surface area contributed by atoms with Crippen molar-refractivity contribution in [1.82, 2.24) is 9.78 Å². The van der Waals surface area contributed by atoms with Crippen LogP contribution in [-0.4, -0.2) is 16.1 Å². The van der Waals surface area contributed by atoms with Crippen molar-refractivity contribution < 1.29 is 9.53 Å². The molecule has 23 heavy (non-hydrogen) atoms. The third kappa shape index (κ3) is 2.96. The van der Waals surface area contributed by atoms with Crippen molar-refractivity contribution in [2.24, 2.45) is 0 Å². The van der Waals surface area contributed by atoms with Crippen LogP contribution in [0.4, 0.5) is 0 Å². The molecule has 4 nitrogen and oxygen atoms in total. The number of para-hydroxylation sites is 2. The quantitative estimate of drug-likeness (QED) is 0.617. The van der Waals surface area contributed by atoms with Crippen LogP contribution in [0.5, 0.6) is 11.6 Å². The van der Waals surface area contributed by atoms with Crippen molar-refractivity contribution in [2.45, 2.75) is 6.92 Å². The normalized spacial score (nSPS) is 10.6. The Morgan fingerprint density at radius 3 is 2.30 bits per heavy atom. The molecule has 0 amide bonds. The molecule has 0 aliphatic carbocycles. The molecule has 0 saturated heterocycles. The standard InChI is InChI=1S/C17H12Cl2N2O2/c1-11-13(10-22)17(21(20-11)12-6-3-2-4-7-12)23-16-14(18)8-5-9-15(16)19/h2-10H,1H3. The van der Waals surface area contributed by atoms with E-state index in [0.29, 0.717) is 27.6 Å². The van der Waals surface area contributed by atoms with Crippen molar-refractivity contribution in [1.29, 1.82) is 0 Å². The fraction of sp³-hybridized carbons (Fsp3) is 0.0588. The highest BCUT2D eigenvalue weighted by Gasteiger charge is 2.20. The van der Waals surface area contributed by atoms with Crippen LogP contribution < -0.4 is 4.74 Å². The van der Waals surface area contributed by atoms with Gasteiger partial charge in [-0.25, -0.2) is 0 Å². The van der Waals surface area contributed by atoms with Crippen molar-refractivity contribution in [3.05, 3.63) is 69.8 Å². The molecule has 0 aliphatic rings. The maximum atomic E-state index is 11.5. The van der Waals surface area contributed by atoms with Crippen LogP contribution in [0.2, 0.25) is 10.0 Å². The topological polar surface area (TPSA) is 44.1 Å². The summed E-state index contributed by atoms with van der Waals surface area (Å²) in [6, 6.07) is 14.4. The molecule has 3 aromatic rings. The molecule has 2 aromatic carbocycles. The van der Waals surface area contributed by atoms with Gasteiger partial charge in [0.05, 0.1) is 27.0 Å². The van der Waals surface area contributed by atoms with E-state index in [4.69, 9.17) is 27.9 Å². The van der Waals surface area contributed by atoms with Gasteiger partial charge in [0.15, 0.2) is 12.0 Å². The number of ether oxygens (including phenoxy) is 1. The maximum absolute atomic E-state index is 11.5. The first-order valence-electron chi connectivity index (χ1n) is 6.84. The predicted octanol–water partition coefficient (Wildman–Crippen LogP) is 5.09. The summed E-state index contributed by atoms with van der Waals surface area (Å²) in [5.74, 6) is 0.565. The fourth-order valence-corrected chi connectivity index (χ4v) is 2.65. The van der Waals surface area contributed by atoms with E-state index < -0.39 is 0 Å². The number of carbonyl (C=O) groups excluding carboxylic acids is 1. The molecule has 1 heterocycles. The molecule has 0 aliphatic heterocycles. The highest BCUT2D eigenvalue weighted by atomic mass is 35.5. The zero-order valence-electron chi connectivity index (χ0n) is 12.2. The summed E-state index contributed by atoms with van der Waals surface area (Å²) in [5.41, 5.74) is 1.67. The van der Waals surface area contributed by atoms with Crippen LogP contribution in [0.25, 0.3) is 5.69 Å². The molecule has 0 bridgehead atoms. The first-order valence-corrected chi connectivity index (χ1v) is 7.59. The van der Waals surface area contributed by atoms with E-state index >= 15 is 0 Å². The number of hydrogen-bond donors (Lipinski definition) is 0. The van der Waals surface area contributed by atoms with Gasteiger partial charge in [0, 0.05) is 0 Å². The monoisotopic (exact) mass is 346 g/mol. The third-order valence-electron chi connectivity index (χ3n) is 3.30.